The molecule has 0 unspecified atom stereocenters. The zero-order valence-electron chi connectivity index (χ0n) is 13.3. The van der Waals surface area contributed by atoms with Crippen LogP contribution in [0.4, 0.5) is 5.69 Å². The van der Waals surface area contributed by atoms with E-state index in [0.29, 0.717) is 33.0 Å². The zero-order valence-corrected chi connectivity index (χ0v) is 14.8. The fraction of sp³-hybridized carbons (Fsp3) is 0.278. The number of methoxy groups -OCH3 is 1. The second-order valence-electron chi connectivity index (χ2n) is 5.35. The molecule has 122 valence electrons. The summed E-state index contributed by atoms with van der Waals surface area (Å²) in [6.45, 7) is 4.32. The SMILES string of the molecule is CC[C@@H](C)c1ccc(NC(=O)c2cc(Cl)cc(Cl)c2OC)cc1. The van der Waals surface area contributed by atoms with Gasteiger partial charge in [-0.1, -0.05) is 49.2 Å². The first-order valence-electron chi connectivity index (χ1n) is 7.40. The molecule has 5 heteroatoms. The first-order chi connectivity index (χ1) is 11.0. The Bertz CT molecular complexity index is 699. The average molecular weight is 352 g/mol. The second kappa shape index (κ2) is 7.71. The molecule has 0 saturated heterocycles. The number of hydrogen-bond acceptors (Lipinski definition) is 2. The van der Waals surface area contributed by atoms with Crippen molar-refractivity contribution in [3.8, 4) is 5.75 Å². The lowest BCUT2D eigenvalue weighted by atomic mass is 9.98. The Morgan fingerprint density at radius 1 is 1.22 bits per heavy atom. The number of carbonyl (C=O) groups is 1. The van der Waals surface area contributed by atoms with E-state index in [1.165, 1.54) is 18.7 Å². The van der Waals surface area contributed by atoms with Crippen molar-refractivity contribution in [2.24, 2.45) is 0 Å². The smallest absolute Gasteiger partial charge is 0.259 e. The number of hydrogen-bond donors (Lipinski definition) is 1. The second-order valence-corrected chi connectivity index (χ2v) is 6.20. The molecular weight excluding hydrogens is 333 g/mol. The van der Waals surface area contributed by atoms with E-state index in [4.69, 9.17) is 27.9 Å². The topological polar surface area (TPSA) is 38.3 Å². The molecule has 0 spiro atoms. The molecule has 2 aromatic rings. The molecule has 1 atom stereocenters. The third kappa shape index (κ3) is 4.18. The lowest BCUT2D eigenvalue weighted by Gasteiger charge is -2.13. The predicted molar refractivity (Wildman–Crippen MR) is 96.1 cm³/mol. The first kappa shape index (κ1) is 17.6. The number of carbonyl (C=O) groups excluding carboxylic acids is 1. The van der Waals surface area contributed by atoms with Gasteiger partial charge >= 0.3 is 0 Å². The summed E-state index contributed by atoms with van der Waals surface area (Å²) in [4.78, 5) is 12.5. The lowest BCUT2D eigenvalue weighted by Crippen LogP contribution is -2.13. The Labute approximate surface area is 146 Å². The molecule has 23 heavy (non-hydrogen) atoms. The van der Waals surface area contributed by atoms with Crippen molar-refractivity contribution in [2.75, 3.05) is 12.4 Å². The van der Waals surface area contributed by atoms with Crippen molar-refractivity contribution in [3.63, 3.8) is 0 Å². The van der Waals surface area contributed by atoms with Crippen molar-refractivity contribution in [2.45, 2.75) is 26.2 Å². The molecule has 2 rings (SSSR count). The molecule has 2 aromatic carbocycles. The normalized spacial score (nSPS) is 11.9. The highest BCUT2D eigenvalue weighted by Gasteiger charge is 2.17. The van der Waals surface area contributed by atoms with Gasteiger partial charge in [0.05, 0.1) is 17.7 Å². The maximum Gasteiger partial charge on any atom is 0.259 e. The van der Waals surface area contributed by atoms with E-state index in [2.05, 4.69) is 19.2 Å². The summed E-state index contributed by atoms with van der Waals surface area (Å²) >= 11 is 12.0. The van der Waals surface area contributed by atoms with E-state index < -0.39 is 0 Å². The molecule has 3 nitrogen and oxygen atoms in total. The van der Waals surface area contributed by atoms with Crippen LogP contribution in [0.2, 0.25) is 10.0 Å². The predicted octanol–water partition coefficient (Wildman–Crippen LogP) is 5.77. The Morgan fingerprint density at radius 2 is 1.87 bits per heavy atom. The standard InChI is InChI=1S/C18H19Cl2NO2/c1-4-11(2)12-5-7-14(8-6-12)21-18(22)15-9-13(19)10-16(20)17(15)23-3/h5-11H,4H2,1-3H3,(H,21,22)/t11-/m1/s1. The highest BCUT2D eigenvalue weighted by molar-refractivity contribution is 6.36. The highest BCUT2D eigenvalue weighted by atomic mass is 35.5. The molecule has 0 aliphatic rings. The van der Waals surface area contributed by atoms with E-state index in [9.17, 15) is 4.79 Å². The van der Waals surface area contributed by atoms with Crippen LogP contribution in [0.3, 0.4) is 0 Å². The van der Waals surface area contributed by atoms with Gasteiger partial charge in [0.2, 0.25) is 0 Å². The Hall–Kier alpha value is -1.71. The molecular formula is C18H19Cl2NO2. The monoisotopic (exact) mass is 351 g/mol. The van der Waals surface area contributed by atoms with Crippen LogP contribution in [0.15, 0.2) is 36.4 Å². The van der Waals surface area contributed by atoms with Gasteiger partial charge in [0.25, 0.3) is 5.91 Å². The minimum Gasteiger partial charge on any atom is -0.494 e. The van der Waals surface area contributed by atoms with Gasteiger partial charge in [-0.05, 0) is 42.2 Å². The minimum atomic E-state index is -0.317. The van der Waals surface area contributed by atoms with Gasteiger partial charge in [-0.15, -0.1) is 0 Å². The largest absolute Gasteiger partial charge is 0.494 e. The van der Waals surface area contributed by atoms with E-state index in [1.807, 2.05) is 24.3 Å². The van der Waals surface area contributed by atoms with Crippen LogP contribution in [-0.2, 0) is 0 Å². The number of ether oxygens (including phenoxy) is 1. The number of benzene rings is 2. The fourth-order valence-electron chi connectivity index (χ4n) is 2.27. The first-order valence-corrected chi connectivity index (χ1v) is 8.16. The van der Waals surface area contributed by atoms with Crippen LogP contribution in [0.5, 0.6) is 5.75 Å². The van der Waals surface area contributed by atoms with E-state index >= 15 is 0 Å². The van der Waals surface area contributed by atoms with Gasteiger partial charge in [-0.2, -0.15) is 0 Å². The zero-order chi connectivity index (χ0) is 17.0. The minimum absolute atomic E-state index is 0.302. The molecule has 0 aliphatic heterocycles. The third-order valence-electron chi connectivity index (χ3n) is 3.81. The third-order valence-corrected chi connectivity index (χ3v) is 4.31. The maximum absolute atomic E-state index is 12.5. The summed E-state index contributed by atoms with van der Waals surface area (Å²) in [5.74, 6) is 0.485. The van der Waals surface area contributed by atoms with Gasteiger partial charge in [0.15, 0.2) is 0 Å². The summed E-state index contributed by atoms with van der Waals surface area (Å²) in [5, 5.41) is 3.52. The summed E-state index contributed by atoms with van der Waals surface area (Å²) < 4.78 is 5.20. The molecule has 0 radical (unpaired) electrons. The van der Waals surface area contributed by atoms with Crippen molar-refractivity contribution in [1.82, 2.24) is 0 Å². The molecule has 0 fully saturated rings. The van der Waals surface area contributed by atoms with Crippen molar-refractivity contribution in [3.05, 3.63) is 57.6 Å². The fourth-order valence-corrected chi connectivity index (χ4v) is 2.84. The summed E-state index contributed by atoms with van der Waals surface area (Å²) in [5.41, 5.74) is 2.25. The summed E-state index contributed by atoms with van der Waals surface area (Å²) in [6.07, 6.45) is 1.07. The van der Waals surface area contributed by atoms with Gasteiger partial charge in [-0.25, -0.2) is 0 Å². The van der Waals surface area contributed by atoms with Crippen molar-refractivity contribution in [1.29, 1.82) is 0 Å². The van der Waals surface area contributed by atoms with Crippen LogP contribution in [0, 0.1) is 0 Å². The molecule has 1 N–H and O–H groups in total. The number of halogens is 2. The van der Waals surface area contributed by atoms with Crippen LogP contribution >= 0.6 is 23.2 Å². The Balaban J connectivity index is 2.22. The van der Waals surface area contributed by atoms with Gasteiger partial charge in [0.1, 0.15) is 5.75 Å². The molecule has 0 aliphatic carbocycles. The van der Waals surface area contributed by atoms with Crippen molar-refractivity contribution >= 4 is 34.8 Å². The van der Waals surface area contributed by atoms with E-state index in [0.717, 1.165) is 6.42 Å². The molecule has 0 heterocycles. The molecule has 0 bridgehead atoms. The number of nitrogens with one attached hydrogen (secondary N) is 1. The van der Waals surface area contributed by atoms with Crippen LogP contribution in [-0.4, -0.2) is 13.0 Å². The number of rotatable bonds is 5. The number of amides is 1. The average Bonchev–Trinajstić information content (AvgIpc) is 2.54. The molecule has 0 saturated carbocycles. The van der Waals surface area contributed by atoms with Gasteiger partial charge in [0, 0.05) is 10.7 Å². The molecule has 1 amide bonds. The lowest BCUT2D eigenvalue weighted by molar-refractivity contribution is 0.102. The van der Waals surface area contributed by atoms with Crippen LogP contribution < -0.4 is 10.1 Å². The van der Waals surface area contributed by atoms with Crippen molar-refractivity contribution < 1.29 is 9.53 Å². The van der Waals surface area contributed by atoms with Gasteiger partial charge < -0.3 is 10.1 Å². The quantitative estimate of drug-likeness (QED) is 0.742. The maximum atomic E-state index is 12.5. The van der Waals surface area contributed by atoms with Crippen LogP contribution in [0.1, 0.15) is 42.1 Å². The Kier molecular flexibility index (Phi) is 5.91. The number of anilines is 1. The van der Waals surface area contributed by atoms with E-state index in [1.54, 1.807) is 6.07 Å². The highest BCUT2D eigenvalue weighted by Crippen LogP contribution is 2.32. The van der Waals surface area contributed by atoms with Gasteiger partial charge in [-0.3, -0.25) is 4.79 Å². The molecule has 0 aromatic heterocycles. The summed E-state index contributed by atoms with van der Waals surface area (Å²) in [7, 11) is 1.47. The van der Waals surface area contributed by atoms with Crippen LogP contribution in [0.25, 0.3) is 0 Å². The van der Waals surface area contributed by atoms with E-state index in [-0.39, 0.29) is 5.91 Å². The Morgan fingerprint density at radius 3 is 2.43 bits per heavy atom. The summed E-state index contributed by atoms with van der Waals surface area (Å²) in [6, 6.07) is 10.9.